The van der Waals surface area contributed by atoms with Crippen molar-refractivity contribution in [1.29, 1.82) is 5.26 Å². The summed E-state index contributed by atoms with van der Waals surface area (Å²) in [5.41, 5.74) is 0. The van der Waals surface area contributed by atoms with E-state index in [1.165, 1.54) is 38.9 Å². The van der Waals surface area contributed by atoms with Crippen LogP contribution in [0.1, 0.15) is 46.5 Å². The second-order valence-corrected chi connectivity index (χ2v) is 7.00. The zero-order valence-corrected chi connectivity index (χ0v) is 13.9. The van der Waals surface area contributed by atoms with Crippen LogP contribution in [0.15, 0.2) is 0 Å². The Morgan fingerprint density at radius 3 is 2.38 bits per heavy atom. The SMILES string of the molecule is CC1CN(CCC2CCN(C(C)CC#N)CC2)CC(C)O1. The molecule has 2 heterocycles. The first kappa shape index (κ1) is 16.7. The van der Waals surface area contributed by atoms with Crippen molar-refractivity contribution in [3.63, 3.8) is 0 Å². The predicted octanol–water partition coefficient (Wildman–Crippen LogP) is 2.50. The maximum absolute atomic E-state index is 8.80. The van der Waals surface area contributed by atoms with Crippen molar-refractivity contribution in [3.05, 3.63) is 0 Å². The van der Waals surface area contributed by atoms with Crippen molar-refractivity contribution in [1.82, 2.24) is 9.80 Å². The average molecular weight is 293 g/mol. The Labute approximate surface area is 130 Å². The molecule has 0 N–H and O–H groups in total. The van der Waals surface area contributed by atoms with E-state index >= 15 is 0 Å². The monoisotopic (exact) mass is 293 g/mol. The van der Waals surface area contributed by atoms with Gasteiger partial charge in [0.05, 0.1) is 24.7 Å². The fourth-order valence-corrected chi connectivity index (χ4v) is 3.78. The van der Waals surface area contributed by atoms with Crippen LogP contribution in [0.5, 0.6) is 0 Å². The first-order valence-corrected chi connectivity index (χ1v) is 8.57. The number of morpholine rings is 1. The van der Waals surface area contributed by atoms with Gasteiger partial charge in [-0.2, -0.15) is 5.26 Å². The van der Waals surface area contributed by atoms with Crippen LogP contribution in [0.25, 0.3) is 0 Å². The Balaban J connectivity index is 1.66. The summed E-state index contributed by atoms with van der Waals surface area (Å²) in [7, 11) is 0. The summed E-state index contributed by atoms with van der Waals surface area (Å²) in [4.78, 5) is 5.06. The van der Waals surface area contributed by atoms with Crippen LogP contribution in [0.4, 0.5) is 0 Å². The molecule has 4 nitrogen and oxygen atoms in total. The third kappa shape index (κ3) is 5.25. The molecule has 0 aromatic rings. The van der Waals surface area contributed by atoms with Crippen molar-refractivity contribution >= 4 is 0 Å². The normalized spacial score (nSPS) is 31.0. The zero-order chi connectivity index (χ0) is 15.2. The van der Waals surface area contributed by atoms with E-state index in [1.807, 2.05) is 0 Å². The highest BCUT2D eigenvalue weighted by atomic mass is 16.5. The summed E-state index contributed by atoms with van der Waals surface area (Å²) in [6.45, 7) is 12.3. The summed E-state index contributed by atoms with van der Waals surface area (Å²) in [6, 6.07) is 2.72. The Hall–Kier alpha value is -0.630. The zero-order valence-electron chi connectivity index (χ0n) is 13.9. The van der Waals surface area contributed by atoms with E-state index in [0.29, 0.717) is 24.7 Å². The Bertz CT molecular complexity index is 336. The number of nitriles is 1. The quantitative estimate of drug-likeness (QED) is 0.781. The number of ether oxygens (including phenoxy) is 1. The molecule has 2 saturated heterocycles. The molecule has 0 radical (unpaired) electrons. The predicted molar refractivity (Wildman–Crippen MR) is 85.1 cm³/mol. The number of likely N-dealkylation sites (tertiary alicyclic amines) is 1. The van der Waals surface area contributed by atoms with Crippen molar-refractivity contribution in [2.75, 3.05) is 32.7 Å². The molecule has 2 rings (SSSR count). The van der Waals surface area contributed by atoms with Gasteiger partial charge in [0.15, 0.2) is 0 Å². The molecule has 2 fully saturated rings. The number of nitrogens with zero attached hydrogens (tertiary/aromatic N) is 3. The largest absolute Gasteiger partial charge is 0.373 e. The van der Waals surface area contributed by atoms with Gasteiger partial charge in [0, 0.05) is 19.1 Å². The Kier molecular flexibility index (Phi) is 6.47. The first-order chi connectivity index (χ1) is 10.1. The Morgan fingerprint density at radius 2 is 1.81 bits per heavy atom. The van der Waals surface area contributed by atoms with Crippen LogP contribution >= 0.6 is 0 Å². The summed E-state index contributed by atoms with van der Waals surface area (Å²) >= 11 is 0. The van der Waals surface area contributed by atoms with E-state index in [2.05, 4.69) is 36.6 Å². The molecule has 2 aliphatic heterocycles. The lowest BCUT2D eigenvalue weighted by atomic mass is 9.92. The van der Waals surface area contributed by atoms with Gasteiger partial charge >= 0.3 is 0 Å². The Morgan fingerprint density at radius 1 is 1.19 bits per heavy atom. The van der Waals surface area contributed by atoms with Crippen molar-refractivity contribution in [2.24, 2.45) is 5.92 Å². The highest BCUT2D eigenvalue weighted by Gasteiger charge is 2.25. The third-order valence-electron chi connectivity index (χ3n) is 5.01. The second kappa shape index (κ2) is 8.12. The van der Waals surface area contributed by atoms with Gasteiger partial charge in [0.1, 0.15) is 0 Å². The molecule has 0 aromatic carbocycles. The lowest BCUT2D eigenvalue weighted by Crippen LogP contribution is -2.46. The van der Waals surface area contributed by atoms with Crippen LogP contribution < -0.4 is 0 Å². The van der Waals surface area contributed by atoms with E-state index in [1.54, 1.807) is 0 Å². The van der Waals surface area contributed by atoms with Gasteiger partial charge in [0.25, 0.3) is 0 Å². The number of piperidine rings is 1. The third-order valence-corrected chi connectivity index (χ3v) is 5.01. The second-order valence-electron chi connectivity index (χ2n) is 7.00. The molecule has 0 bridgehead atoms. The summed E-state index contributed by atoms with van der Waals surface area (Å²) < 4.78 is 5.80. The number of hydrogen-bond acceptors (Lipinski definition) is 4. The average Bonchev–Trinajstić information content (AvgIpc) is 2.45. The first-order valence-electron chi connectivity index (χ1n) is 8.57. The maximum Gasteiger partial charge on any atom is 0.0678 e. The summed E-state index contributed by atoms with van der Waals surface area (Å²) in [5, 5.41) is 8.80. The van der Waals surface area contributed by atoms with Crippen LogP contribution in [-0.2, 0) is 4.74 Å². The van der Waals surface area contributed by atoms with E-state index in [-0.39, 0.29) is 0 Å². The van der Waals surface area contributed by atoms with E-state index in [0.717, 1.165) is 19.0 Å². The van der Waals surface area contributed by atoms with Crippen LogP contribution in [0.3, 0.4) is 0 Å². The van der Waals surface area contributed by atoms with Crippen LogP contribution in [0, 0.1) is 17.2 Å². The van der Waals surface area contributed by atoms with Crippen LogP contribution in [0.2, 0.25) is 0 Å². The minimum absolute atomic E-state index is 0.377. The van der Waals surface area contributed by atoms with E-state index in [4.69, 9.17) is 10.00 Å². The van der Waals surface area contributed by atoms with Gasteiger partial charge < -0.3 is 4.74 Å². The smallest absolute Gasteiger partial charge is 0.0678 e. The minimum atomic E-state index is 0.377. The minimum Gasteiger partial charge on any atom is -0.373 e. The van der Waals surface area contributed by atoms with E-state index in [9.17, 15) is 0 Å². The summed E-state index contributed by atoms with van der Waals surface area (Å²) in [5.74, 6) is 0.865. The van der Waals surface area contributed by atoms with Gasteiger partial charge in [-0.3, -0.25) is 9.80 Å². The molecule has 0 aromatic heterocycles. The molecular weight excluding hydrogens is 262 g/mol. The van der Waals surface area contributed by atoms with Gasteiger partial charge in [-0.05, 0) is 65.6 Å². The molecule has 120 valence electrons. The van der Waals surface area contributed by atoms with Gasteiger partial charge in [-0.1, -0.05) is 0 Å². The van der Waals surface area contributed by atoms with Crippen LogP contribution in [-0.4, -0.2) is 60.8 Å². The molecule has 0 spiro atoms. The number of hydrogen-bond donors (Lipinski definition) is 0. The van der Waals surface area contributed by atoms with Gasteiger partial charge in [-0.25, -0.2) is 0 Å². The molecule has 0 amide bonds. The fraction of sp³-hybridized carbons (Fsp3) is 0.941. The van der Waals surface area contributed by atoms with Gasteiger partial charge in [0.2, 0.25) is 0 Å². The highest BCUT2D eigenvalue weighted by molar-refractivity contribution is 4.83. The molecular formula is C17H31N3O. The standard InChI is InChI=1S/C17H31N3O/c1-14(4-8-18)20-10-6-17(7-11-20)5-9-19-12-15(2)21-16(3)13-19/h14-17H,4-7,9-13H2,1-3H3. The van der Waals surface area contributed by atoms with Crippen molar-refractivity contribution in [2.45, 2.75) is 64.7 Å². The lowest BCUT2D eigenvalue weighted by molar-refractivity contribution is -0.0694. The topological polar surface area (TPSA) is 39.5 Å². The maximum atomic E-state index is 8.80. The highest BCUT2D eigenvalue weighted by Crippen LogP contribution is 2.23. The molecule has 3 unspecified atom stereocenters. The van der Waals surface area contributed by atoms with E-state index < -0.39 is 0 Å². The van der Waals surface area contributed by atoms with Gasteiger partial charge in [-0.15, -0.1) is 0 Å². The number of rotatable bonds is 5. The molecule has 2 aliphatic rings. The lowest BCUT2D eigenvalue weighted by Gasteiger charge is -2.38. The van der Waals surface area contributed by atoms with Crippen molar-refractivity contribution < 1.29 is 4.74 Å². The molecule has 3 atom stereocenters. The molecule has 0 saturated carbocycles. The molecule has 0 aliphatic carbocycles. The summed E-state index contributed by atoms with van der Waals surface area (Å²) in [6.07, 6.45) is 5.33. The molecule has 21 heavy (non-hydrogen) atoms. The fourth-order valence-electron chi connectivity index (χ4n) is 3.78. The molecule has 4 heteroatoms. The van der Waals surface area contributed by atoms with Crippen molar-refractivity contribution in [3.8, 4) is 6.07 Å².